The van der Waals surface area contributed by atoms with Crippen molar-refractivity contribution >= 4 is 5.91 Å². The molecule has 15 heavy (non-hydrogen) atoms. The molecule has 0 saturated heterocycles. The Morgan fingerprint density at radius 2 is 2.00 bits per heavy atom. The molecule has 0 atom stereocenters. The highest BCUT2D eigenvalue weighted by atomic mass is 16.1. The predicted molar refractivity (Wildman–Crippen MR) is 62.8 cm³/mol. The molecule has 1 aliphatic rings. The Balaban J connectivity index is 2.06. The van der Waals surface area contributed by atoms with Crippen molar-refractivity contribution in [2.75, 3.05) is 20.1 Å². The molecule has 1 rings (SSSR count). The van der Waals surface area contributed by atoms with Crippen LogP contribution in [0.2, 0.25) is 0 Å². The van der Waals surface area contributed by atoms with Crippen LogP contribution in [0.1, 0.15) is 45.4 Å². The van der Waals surface area contributed by atoms with Gasteiger partial charge < -0.3 is 10.2 Å². The normalized spacial score (nSPS) is 18.1. The highest BCUT2D eigenvalue weighted by Gasteiger charge is 2.16. The van der Waals surface area contributed by atoms with Crippen LogP contribution in [0.25, 0.3) is 0 Å². The van der Waals surface area contributed by atoms with E-state index < -0.39 is 0 Å². The minimum Gasteiger partial charge on any atom is -0.356 e. The van der Waals surface area contributed by atoms with Crippen molar-refractivity contribution in [2.24, 2.45) is 0 Å². The summed E-state index contributed by atoms with van der Waals surface area (Å²) in [5.41, 5.74) is 0. The van der Waals surface area contributed by atoms with E-state index in [1.807, 2.05) is 0 Å². The summed E-state index contributed by atoms with van der Waals surface area (Å²) in [6.07, 6.45) is 7.97. The van der Waals surface area contributed by atoms with Crippen molar-refractivity contribution in [3.8, 4) is 0 Å². The zero-order valence-corrected chi connectivity index (χ0v) is 10.1. The third-order valence-electron chi connectivity index (χ3n) is 3.26. The van der Waals surface area contributed by atoms with E-state index >= 15 is 0 Å². The molecule has 0 radical (unpaired) electrons. The number of hydrogen-bond acceptors (Lipinski definition) is 2. The van der Waals surface area contributed by atoms with Gasteiger partial charge in [0, 0.05) is 19.5 Å². The molecule has 1 fully saturated rings. The lowest BCUT2D eigenvalue weighted by atomic mass is 9.94. The van der Waals surface area contributed by atoms with Gasteiger partial charge in [0.15, 0.2) is 0 Å². The molecule has 1 aliphatic carbocycles. The van der Waals surface area contributed by atoms with Crippen molar-refractivity contribution < 1.29 is 4.79 Å². The maximum absolute atomic E-state index is 10.7. The Morgan fingerprint density at radius 3 is 2.60 bits per heavy atom. The molecule has 88 valence electrons. The van der Waals surface area contributed by atoms with Crippen LogP contribution in [-0.4, -0.2) is 37.0 Å². The predicted octanol–water partition coefficient (Wildman–Crippen LogP) is 1.78. The number of nitrogens with one attached hydrogen (secondary N) is 1. The Bertz CT molecular complexity index is 188. The van der Waals surface area contributed by atoms with Crippen LogP contribution in [-0.2, 0) is 4.79 Å². The van der Waals surface area contributed by atoms with E-state index in [-0.39, 0.29) is 5.91 Å². The second kappa shape index (κ2) is 6.83. The SMILES string of the molecule is CC(=O)NCCCN(C)C1CCCCC1. The molecule has 0 bridgehead atoms. The molecule has 0 aromatic carbocycles. The largest absolute Gasteiger partial charge is 0.356 e. The molecule has 1 saturated carbocycles. The molecule has 0 aliphatic heterocycles. The first kappa shape index (κ1) is 12.5. The molecule has 1 amide bonds. The Kier molecular flexibility index (Phi) is 5.69. The zero-order chi connectivity index (χ0) is 11.1. The highest BCUT2D eigenvalue weighted by molar-refractivity contribution is 5.72. The fraction of sp³-hybridized carbons (Fsp3) is 0.917. The summed E-state index contributed by atoms with van der Waals surface area (Å²) < 4.78 is 0. The average Bonchev–Trinajstić information content (AvgIpc) is 2.25. The molecule has 1 N–H and O–H groups in total. The van der Waals surface area contributed by atoms with E-state index in [2.05, 4.69) is 17.3 Å². The molecule has 0 aromatic heterocycles. The Hall–Kier alpha value is -0.570. The van der Waals surface area contributed by atoms with E-state index in [1.165, 1.54) is 32.1 Å². The second-order valence-corrected chi connectivity index (χ2v) is 4.61. The van der Waals surface area contributed by atoms with Gasteiger partial charge in [-0.15, -0.1) is 0 Å². The highest BCUT2D eigenvalue weighted by Crippen LogP contribution is 2.21. The van der Waals surface area contributed by atoms with Gasteiger partial charge in [-0.1, -0.05) is 19.3 Å². The zero-order valence-electron chi connectivity index (χ0n) is 10.1. The van der Waals surface area contributed by atoms with Gasteiger partial charge in [0.2, 0.25) is 5.91 Å². The standard InChI is InChI=1S/C12H24N2O/c1-11(15)13-9-6-10-14(2)12-7-4-3-5-8-12/h12H,3-10H2,1-2H3,(H,13,15). The van der Waals surface area contributed by atoms with Crippen LogP contribution in [0, 0.1) is 0 Å². The molecule has 0 spiro atoms. The molecule has 3 nitrogen and oxygen atoms in total. The summed E-state index contributed by atoms with van der Waals surface area (Å²) in [6.45, 7) is 3.49. The first-order valence-electron chi connectivity index (χ1n) is 6.15. The average molecular weight is 212 g/mol. The van der Waals surface area contributed by atoms with Gasteiger partial charge in [-0.2, -0.15) is 0 Å². The van der Waals surface area contributed by atoms with Crippen molar-refractivity contribution in [1.29, 1.82) is 0 Å². The molecule has 3 heteroatoms. The maximum atomic E-state index is 10.7. The summed E-state index contributed by atoms with van der Waals surface area (Å²) in [5, 5.41) is 2.84. The lowest BCUT2D eigenvalue weighted by molar-refractivity contribution is -0.118. The fourth-order valence-corrected chi connectivity index (χ4v) is 2.30. The van der Waals surface area contributed by atoms with Gasteiger partial charge in [-0.25, -0.2) is 0 Å². The minimum absolute atomic E-state index is 0.0790. The fourth-order valence-electron chi connectivity index (χ4n) is 2.30. The van der Waals surface area contributed by atoms with E-state index in [1.54, 1.807) is 6.92 Å². The van der Waals surface area contributed by atoms with E-state index in [9.17, 15) is 4.79 Å². The van der Waals surface area contributed by atoms with Gasteiger partial charge >= 0.3 is 0 Å². The molecule has 0 aromatic rings. The number of amides is 1. The molecular formula is C12H24N2O. The van der Waals surface area contributed by atoms with Gasteiger partial charge in [-0.3, -0.25) is 4.79 Å². The van der Waals surface area contributed by atoms with Gasteiger partial charge in [-0.05, 0) is 32.9 Å². The van der Waals surface area contributed by atoms with Crippen LogP contribution >= 0.6 is 0 Å². The first-order chi connectivity index (χ1) is 7.20. The summed E-state index contributed by atoms with van der Waals surface area (Å²) in [5.74, 6) is 0.0790. The lowest BCUT2D eigenvalue weighted by Gasteiger charge is -2.31. The lowest BCUT2D eigenvalue weighted by Crippen LogP contribution is -2.35. The summed E-state index contributed by atoms with van der Waals surface area (Å²) in [7, 11) is 2.21. The first-order valence-corrected chi connectivity index (χ1v) is 6.15. The third kappa shape index (κ3) is 5.17. The van der Waals surface area contributed by atoms with E-state index in [0.717, 1.165) is 25.6 Å². The number of rotatable bonds is 5. The third-order valence-corrected chi connectivity index (χ3v) is 3.26. The summed E-state index contributed by atoms with van der Waals surface area (Å²) >= 11 is 0. The molecule has 0 heterocycles. The van der Waals surface area contributed by atoms with Gasteiger partial charge in [0.25, 0.3) is 0 Å². The smallest absolute Gasteiger partial charge is 0.216 e. The molecule has 0 unspecified atom stereocenters. The summed E-state index contributed by atoms with van der Waals surface area (Å²) in [4.78, 5) is 13.1. The van der Waals surface area contributed by atoms with Crippen LogP contribution in [0.5, 0.6) is 0 Å². The number of nitrogens with zero attached hydrogens (tertiary/aromatic N) is 1. The van der Waals surface area contributed by atoms with E-state index in [4.69, 9.17) is 0 Å². The summed E-state index contributed by atoms with van der Waals surface area (Å²) in [6, 6.07) is 0.788. The minimum atomic E-state index is 0.0790. The number of carbonyl (C=O) groups is 1. The van der Waals surface area contributed by atoms with Crippen molar-refractivity contribution in [3.63, 3.8) is 0 Å². The Labute approximate surface area is 93.2 Å². The Morgan fingerprint density at radius 1 is 1.33 bits per heavy atom. The van der Waals surface area contributed by atoms with Crippen LogP contribution in [0.3, 0.4) is 0 Å². The molecular weight excluding hydrogens is 188 g/mol. The van der Waals surface area contributed by atoms with Crippen LogP contribution in [0.15, 0.2) is 0 Å². The van der Waals surface area contributed by atoms with Crippen molar-refractivity contribution in [3.05, 3.63) is 0 Å². The number of carbonyl (C=O) groups excluding carboxylic acids is 1. The van der Waals surface area contributed by atoms with Crippen molar-refractivity contribution in [2.45, 2.75) is 51.5 Å². The maximum Gasteiger partial charge on any atom is 0.216 e. The van der Waals surface area contributed by atoms with Crippen molar-refractivity contribution in [1.82, 2.24) is 10.2 Å². The quantitative estimate of drug-likeness (QED) is 0.705. The number of hydrogen-bond donors (Lipinski definition) is 1. The van der Waals surface area contributed by atoms with Gasteiger partial charge in [0.1, 0.15) is 0 Å². The van der Waals surface area contributed by atoms with Gasteiger partial charge in [0.05, 0.1) is 0 Å². The van der Waals surface area contributed by atoms with Crippen LogP contribution < -0.4 is 5.32 Å². The van der Waals surface area contributed by atoms with Crippen LogP contribution in [0.4, 0.5) is 0 Å². The van der Waals surface area contributed by atoms with E-state index in [0.29, 0.717) is 0 Å². The monoisotopic (exact) mass is 212 g/mol. The second-order valence-electron chi connectivity index (χ2n) is 4.61. The topological polar surface area (TPSA) is 32.3 Å².